The van der Waals surface area contributed by atoms with Crippen molar-refractivity contribution in [1.82, 2.24) is 0 Å². The lowest BCUT2D eigenvalue weighted by Crippen LogP contribution is -2.44. The number of halogens is 2. The Bertz CT molecular complexity index is 878. The van der Waals surface area contributed by atoms with Crippen LogP contribution in [-0.2, 0) is 14.4 Å². The Kier molecular flexibility index (Phi) is 6.63. The standard InChI is InChI=1S/C23H26O4.I2/c1-22(2)9-14(24)20(15(25)10-22)19-13-7-5-6-8-17(13)27-18-12-23(3,4)11-16(26)21(18)19;1-2/h5-8,19-20H,9-12H2,1-4H3;. The summed E-state index contributed by atoms with van der Waals surface area (Å²) in [5, 5.41) is 0. The van der Waals surface area contributed by atoms with Crippen molar-refractivity contribution in [3.63, 3.8) is 0 Å². The quantitative estimate of drug-likeness (QED) is 0.279. The van der Waals surface area contributed by atoms with Gasteiger partial charge in [-0.2, -0.15) is 0 Å². The van der Waals surface area contributed by atoms with E-state index in [1.807, 2.05) is 52.0 Å². The van der Waals surface area contributed by atoms with Crippen LogP contribution in [0.2, 0.25) is 0 Å². The van der Waals surface area contributed by atoms with E-state index in [1.54, 1.807) is 0 Å². The molecule has 4 nitrogen and oxygen atoms in total. The zero-order valence-corrected chi connectivity index (χ0v) is 21.5. The predicted molar refractivity (Wildman–Crippen MR) is 129 cm³/mol. The molecule has 4 rings (SSSR count). The third-order valence-corrected chi connectivity index (χ3v) is 6.01. The summed E-state index contributed by atoms with van der Waals surface area (Å²) in [4.78, 5) is 39.2. The fourth-order valence-corrected chi connectivity index (χ4v) is 4.96. The summed E-state index contributed by atoms with van der Waals surface area (Å²) in [6.07, 6.45) is 1.78. The molecule has 0 amide bonds. The largest absolute Gasteiger partial charge is 0.461 e. The molecule has 0 N–H and O–H groups in total. The molecular formula is C23H26I2O4. The molecule has 0 saturated heterocycles. The van der Waals surface area contributed by atoms with Gasteiger partial charge in [-0.15, -0.1) is 0 Å². The molecule has 0 spiro atoms. The van der Waals surface area contributed by atoms with E-state index in [0.717, 1.165) is 5.56 Å². The summed E-state index contributed by atoms with van der Waals surface area (Å²) in [6, 6.07) is 7.50. The van der Waals surface area contributed by atoms with Gasteiger partial charge in [0.15, 0.2) is 5.78 Å². The van der Waals surface area contributed by atoms with Crippen molar-refractivity contribution in [2.45, 2.75) is 59.3 Å². The molecule has 0 bridgehead atoms. The second kappa shape index (κ2) is 8.40. The van der Waals surface area contributed by atoms with Gasteiger partial charge in [0.2, 0.25) is 0 Å². The first-order valence-electron chi connectivity index (χ1n) is 9.81. The second-order valence-corrected chi connectivity index (χ2v) is 9.82. The summed E-state index contributed by atoms with van der Waals surface area (Å²) in [5.41, 5.74) is 0.843. The molecule has 3 aliphatic rings. The lowest BCUT2D eigenvalue weighted by atomic mass is 9.62. The molecule has 1 heterocycles. The van der Waals surface area contributed by atoms with Gasteiger partial charge in [-0.05, 0) is 16.9 Å². The summed E-state index contributed by atoms with van der Waals surface area (Å²) in [6.45, 7) is 8.01. The van der Waals surface area contributed by atoms with Gasteiger partial charge in [-0.3, -0.25) is 14.4 Å². The number of carbonyl (C=O) groups excluding carboxylic acids is 3. The number of carbonyl (C=O) groups is 3. The van der Waals surface area contributed by atoms with Gasteiger partial charge in [0.1, 0.15) is 23.1 Å². The predicted octanol–water partition coefficient (Wildman–Crippen LogP) is 6.15. The maximum absolute atomic E-state index is 13.1. The van der Waals surface area contributed by atoms with Crippen LogP contribution in [0.3, 0.4) is 0 Å². The van der Waals surface area contributed by atoms with Gasteiger partial charge < -0.3 is 4.74 Å². The molecule has 1 unspecified atom stereocenters. The van der Waals surface area contributed by atoms with Gasteiger partial charge in [0.25, 0.3) is 0 Å². The van der Waals surface area contributed by atoms with E-state index in [0.29, 0.717) is 42.8 Å². The van der Waals surface area contributed by atoms with Crippen molar-refractivity contribution in [1.29, 1.82) is 0 Å². The normalized spacial score (nSPS) is 25.4. The summed E-state index contributed by atoms with van der Waals surface area (Å²) < 4.78 is 6.11. The SMILES string of the molecule is CC1(C)CC(=O)C(C2C3=C(CC(C)(C)CC3=O)Oc3ccccc32)C(=O)C1.II. The first-order chi connectivity index (χ1) is 13.6. The van der Waals surface area contributed by atoms with E-state index in [4.69, 9.17) is 4.74 Å². The van der Waals surface area contributed by atoms with Crippen LogP contribution >= 0.6 is 37.2 Å². The first-order valence-corrected chi connectivity index (χ1v) is 16.1. The Morgan fingerprint density at radius 2 is 1.38 bits per heavy atom. The number of hydrogen-bond donors (Lipinski definition) is 0. The van der Waals surface area contributed by atoms with Crippen molar-refractivity contribution in [3.05, 3.63) is 41.2 Å². The lowest BCUT2D eigenvalue weighted by molar-refractivity contribution is -0.140. The summed E-state index contributed by atoms with van der Waals surface area (Å²) in [7, 11) is 0. The molecule has 1 atom stereocenters. The fraction of sp³-hybridized carbons (Fsp3) is 0.522. The van der Waals surface area contributed by atoms with Crippen LogP contribution in [0.25, 0.3) is 0 Å². The van der Waals surface area contributed by atoms with Gasteiger partial charge in [0, 0.05) is 80.0 Å². The third-order valence-electron chi connectivity index (χ3n) is 6.01. The van der Waals surface area contributed by atoms with E-state index < -0.39 is 11.8 Å². The Balaban J connectivity index is 0.00000117. The molecule has 1 aromatic rings. The van der Waals surface area contributed by atoms with E-state index in [9.17, 15) is 14.4 Å². The summed E-state index contributed by atoms with van der Waals surface area (Å²) >= 11 is 4.24. The van der Waals surface area contributed by atoms with Crippen molar-refractivity contribution in [2.75, 3.05) is 0 Å². The Morgan fingerprint density at radius 1 is 0.828 bits per heavy atom. The number of rotatable bonds is 1. The maximum atomic E-state index is 13.1. The average molecular weight is 620 g/mol. The van der Waals surface area contributed by atoms with Crippen LogP contribution in [-0.4, -0.2) is 17.3 Å². The topological polar surface area (TPSA) is 60.4 Å². The van der Waals surface area contributed by atoms with Crippen LogP contribution in [0.15, 0.2) is 35.6 Å². The van der Waals surface area contributed by atoms with Gasteiger partial charge in [-0.25, -0.2) is 0 Å². The maximum Gasteiger partial charge on any atom is 0.163 e. The molecule has 156 valence electrons. The number of allylic oxidation sites excluding steroid dienone is 2. The molecule has 1 saturated carbocycles. The number of Topliss-reactive ketones (excluding diaryl/α,β-unsaturated/α-hetero) is 3. The zero-order chi connectivity index (χ0) is 21.6. The molecule has 1 aliphatic heterocycles. The smallest absolute Gasteiger partial charge is 0.163 e. The van der Waals surface area contributed by atoms with Gasteiger partial charge in [-0.1, -0.05) is 45.9 Å². The van der Waals surface area contributed by atoms with E-state index in [2.05, 4.69) is 37.2 Å². The fourth-order valence-electron chi connectivity index (χ4n) is 4.96. The van der Waals surface area contributed by atoms with Crippen molar-refractivity contribution < 1.29 is 19.1 Å². The molecule has 0 radical (unpaired) electrons. The number of benzene rings is 1. The van der Waals surface area contributed by atoms with Crippen LogP contribution in [0, 0.1) is 16.7 Å². The highest BCUT2D eigenvalue weighted by Gasteiger charge is 2.50. The highest BCUT2D eigenvalue weighted by Crippen LogP contribution is 2.52. The summed E-state index contributed by atoms with van der Waals surface area (Å²) in [5.74, 6) is -0.0819. The second-order valence-electron chi connectivity index (χ2n) is 9.82. The Hall–Kier alpha value is -0.770. The van der Waals surface area contributed by atoms with Crippen LogP contribution in [0.5, 0.6) is 5.75 Å². The molecule has 1 aromatic carbocycles. The molecule has 29 heavy (non-hydrogen) atoms. The average Bonchev–Trinajstić information content (AvgIpc) is 2.60. The lowest BCUT2D eigenvalue weighted by Gasteiger charge is -2.42. The van der Waals surface area contributed by atoms with E-state index >= 15 is 0 Å². The third kappa shape index (κ3) is 4.48. The van der Waals surface area contributed by atoms with Crippen molar-refractivity contribution in [3.8, 4) is 5.75 Å². The highest BCUT2D eigenvalue weighted by molar-refractivity contribution is 15.0. The highest BCUT2D eigenvalue weighted by atomic mass is 128. The number of ketones is 3. The van der Waals surface area contributed by atoms with Crippen LogP contribution in [0.1, 0.15) is 64.9 Å². The first kappa shape index (κ1) is 22.9. The molecular weight excluding hydrogens is 594 g/mol. The van der Waals surface area contributed by atoms with Crippen molar-refractivity contribution in [2.24, 2.45) is 16.7 Å². The zero-order valence-electron chi connectivity index (χ0n) is 17.2. The number of ether oxygens (including phenoxy) is 1. The monoisotopic (exact) mass is 620 g/mol. The minimum Gasteiger partial charge on any atom is -0.461 e. The van der Waals surface area contributed by atoms with Crippen LogP contribution < -0.4 is 4.74 Å². The molecule has 2 aliphatic carbocycles. The van der Waals surface area contributed by atoms with Gasteiger partial charge >= 0.3 is 0 Å². The van der Waals surface area contributed by atoms with E-state index in [1.165, 1.54) is 0 Å². The Labute approximate surface area is 195 Å². The number of hydrogen-bond acceptors (Lipinski definition) is 4. The van der Waals surface area contributed by atoms with Gasteiger partial charge in [0.05, 0.1) is 5.92 Å². The Morgan fingerprint density at radius 3 is 2.00 bits per heavy atom. The van der Waals surface area contributed by atoms with Crippen molar-refractivity contribution >= 4 is 54.6 Å². The number of fused-ring (bicyclic) bond motifs is 1. The van der Waals surface area contributed by atoms with E-state index in [-0.39, 0.29) is 28.2 Å². The molecule has 0 aromatic heterocycles. The minimum absolute atomic E-state index is 0.00573. The molecule has 1 fully saturated rings. The number of para-hydroxylation sites is 1. The molecule has 6 heteroatoms. The van der Waals surface area contributed by atoms with Crippen LogP contribution in [0.4, 0.5) is 0 Å². The minimum atomic E-state index is -0.779.